The minimum Gasteiger partial charge on any atom is -0.376 e. The van der Waals surface area contributed by atoms with Gasteiger partial charge in [0.2, 0.25) is 0 Å². The number of aliphatic imine (C=N–C) groups is 1. The summed E-state index contributed by atoms with van der Waals surface area (Å²) in [7, 11) is 1.82. The van der Waals surface area contributed by atoms with Crippen LogP contribution in [0.3, 0.4) is 0 Å². The van der Waals surface area contributed by atoms with Crippen molar-refractivity contribution >= 4 is 17.3 Å². The number of rotatable bonds is 7. The molecule has 28 heavy (non-hydrogen) atoms. The van der Waals surface area contributed by atoms with Gasteiger partial charge in [-0.25, -0.2) is 0 Å². The summed E-state index contributed by atoms with van der Waals surface area (Å²) in [5, 5.41) is 6.83. The number of aryl methyl sites for hydroxylation is 1. The second kappa shape index (κ2) is 10.6. The van der Waals surface area contributed by atoms with Crippen molar-refractivity contribution in [2.45, 2.75) is 46.0 Å². The van der Waals surface area contributed by atoms with Crippen molar-refractivity contribution in [2.24, 2.45) is 4.99 Å². The van der Waals surface area contributed by atoms with E-state index in [0.717, 1.165) is 51.7 Å². The summed E-state index contributed by atoms with van der Waals surface area (Å²) in [6, 6.07) is 13.2. The van der Waals surface area contributed by atoms with Gasteiger partial charge in [-0.2, -0.15) is 0 Å². The molecule has 2 N–H and O–H groups in total. The van der Waals surface area contributed by atoms with Crippen LogP contribution in [-0.4, -0.2) is 43.7 Å². The zero-order chi connectivity index (χ0) is 19.8. The first-order chi connectivity index (χ1) is 13.7. The standard InChI is InChI=1S/C22H32N4OS/c1-4-20-8-9-21(28-20)14-25-22(23-3)24-13-18-6-5-7-19(12-18)16-26-10-11-27-17(2)15-26/h5-9,12,17H,4,10-11,13-16H2,1-3H3,(H2,23,24,25). The molecule has 0 spiro atoms. The smallest absolute Gasteiger partial charge is 0.191 e. The van der Waals surface area contributed by atoms with Crippen LogP contribution in [0, 0.1) is 0 Å². The van der Waals surface area contributed by atoms with E-state index >= 15 is 0 Å². The summed E-state index contributed by atoms with van der Waals surface area (Å²) >= 11 is 1.86. The van der Waals surface area contributed by atoms with Crippen LogP contribution in [0.25, 0.3) is 0 Å². The van der Waals surface area contributed by atoms with Crippen LogP contribution >= 0.6 is 11.3 Å². The molecule has 1 atom stereocenters. The molecule has 0 amide bonds. The van der Waals surface area contributed by atoms with Crippen molar-refractivity contribution in [3.8, 4) is 0 Å². The monoisotopic (exact) mass is 400 g/mol. The maximum absolute atomic E-state index is 5.64. The molecular formula is C22H32N4OS. The number of benzene rings is 1. The van der Waals surface area contributed by atoms with Crippen LogP contribution in [0.4, 0.5) is 0 Å². The largest absolute Gasteiger partial charge is 0.376 e. The van der Waals surface area contributed by atoms with Crippen LogP contribution in [0.15, 0.2) is 41.4 Å². The summed E-state index contributed by atoms with van der Waals surface area (Å²) in [6.45, 7) is 9.72. The van der Waals surface area contributed by atoms with Gasteiger partial charge in [0.05, 0.1) is 19.3 Å². The lowest BCUT2D eigenvalue weighted by atomic mass is 10.1. The van der Waals surface area contributed by atoms with Crippen molar-refractivity contribution in [3.05, 3.63) is 57.3 Å². The lowest BCUT2D eigenvalue weighted by Gasteiger charge is -2.31. The van der Waals surface area contributed by atoms with Crippen molar-refractivity contribution < 1.29 is 4.74 Å². The van der Waals surface area contributed by atoms with Gasteiger partial charge in [-0.1, -0.05) is 31.2 Å². The summed E-state index contributed by atoms with van der Waals surface area (Å²) in [5.74, 6) is 0.832. The highest BCUT2D eigenvalue weighted by molar-refractivity contribution is 7.11. The quantitative estimate of drug-likeness (QED) is 0.552. The lowest BCUT2D eigenvalue weighted by molar-refractivity contribution is -0.0212. The van der Waals surface area contributed by atoms with E-state index in [-0.39, 0.29) is 0 Å². The Balaban J connectivity index is 1.48. The minimum atomic E-state index is 0.324. The van der Waals surface area contributed by atoms with E-state index in [2.05, 4.69) is 70.8 Å². The van der Waals surface area contributed by atoms with E-state index in [9.17, 15) is 0 Å². The Hall–Kier alpha value is -1.89. The topological polar surface area (TPSA) is 48.9 Å². The SMILES string of the molecule is CCc1ccc(CNC(=NC)NCc2cccc(CN3CCOC(C)C3)c2)s1. The predicted octanol–water partition coefficient (Wildman–Crippen LogP) is 3.40. The number of nitrogens with one attached hydrogen (secondary N) is 2. The second-order valence-corrected chi connectivity index (χ2v) is 8.49. The molecule has 3 rings (SSSR count). The highest BCUT2D eigenvalue weighted by Crippen LogP contribution is 2.16. The van der Waals surface area contributed by atoms with Crippen molar-refractivity contribution in [1.82, 2.24) is 15.5 Å². The molecule has 1 aliphatic heterocycles. The molecule has 0 radical (unpaired) electrons. The molecular weight excluding hydrogens is 368 g/mol. The Labute approximate surface area is 172 Å². The molecule has 1 fully saturated rings. The summed E-state index contributed by atoms with van der Waals surface area (Å²) in [5.41, 5.74) is 2.62. The first kappa shape index (κ1) is 20.8. The van der Waals surface area contributed by atoms with E-state index in [1.807, 2.05) is 18.4 Å². The second-order valence-electron chi connectivity index (χ2n) is 7.24. The van der Waals surface area contributed by atoms with Crippen LogP contribution < -0.4 is 10.6 Å². The fraction of sp³-hybridized carbons (Fsp3) is 0.500. The average Bonchev–Trinajstić information content (AvgIpc) is 3.16. The number of guanidine groups is 1. The average molecular weight is 401 g/mol. The molecule has 1 aromatic heterocycles. The number of ether oxygens (including phenoxy) is 1. The number of hydrogen-bond acceptors (Lipinski definition) is 4. The third-order valence-electron chi connectivity index (χ3n) is 4.90. The van der Waals surface area contributed by atoms with Crippen LogP contribution in [0.1, 0.15) is 34.7 Å². The molecule has 0 bridgehead atoms. The summed E-state index contributed by atoms with van der Waals surface area (Å²) in [4.78, 5) is 9.57. The van der Waals surface area contributed by atoms with Gasteiger partial charge in [-0.15, -0.1) is 11.3 Å². The number of hydrogen-bond donors (Lipinski definition) is 2. The normalized spacial score (nSPS) is 18.2. The summed E-state index contributed by atoms with van der Waals surface area (Å²) in [6.07, 6.45) is 1.42. The molecule has 0 aliphatic carbocycles. The molecule has 152 valence electrons. The fourth-order valence-corrected chi connectivity index (χ4v) is 4.31. The first-order valence-corrected chi connectivity index (χ1v) is 10.9. The molecule has 1 aromatic carbocycles. The maximum atomic E-state index is 5.64. The molecule has 5 nitrogen and oxygen atoms in total. The molecule has 0 saturated carbocycles. The summed E-state index contributed by atoms with van der Waals surface area (Å²) < 4.78 is 5.64. The Bertz CT molecular complexity index is 773. The lowest BCUT2D eigenvalue weighted by Crippen LogP contribution is -2.40. The molecule has 2 heterocycles. The number of thiophene rings is 1. The predicted molar refractivity (Wildman–Crippen MR) is 118 cm³/mol. The highest BCUT2D eigenvalue weighted by Gasteiger charge is 2.16. The van der Waals surface area contributed by atoms with Crippen LogP contribution in [0.2, 0.25) is 0 Å². The fourth-order valence-electron chi connectivity index (χ4n) is 3.41. The number of nitrogens with zero attached hydrogens (tertiary/aromatic N) is 2. The van der Waals surface area contributed by atoms with Gasteiger partial charge in [0.1, 0.15) is 0 Å². The molecule has 1 aliphatic rings. The van der Waals surface area contributed by atoms with Crippen molar-refractivity contribution in [1.29, 1.82) is 0 Å². The van der Waals surface area contributed by atoms with Gasteiger partial charge in [-0.05, 0) is 36.6 Å². The molecule has 6 heteroatoms. The zero-order valence-electron chi connectivity index (χ0n) is 17.2. The number of morpholine rings is 1. The van der Waals surface area contributed by atoms with E-state index in [4.69, 9.17) is 4.74 Å². The molecule has 1 unspecified atom stereocenters. The third kappa shape index (κ3) is 6.33. The van der Waals surface area contributed by atoms with E-state index in [1.54, 1.807) is 0 Å². The maximum Gasteiger partial charge on any atom is 0.191 e. The van der Waals surface area contributed by atoms with Gasteiger partial charge >= 0.3 is 0 Å². The Kier molecular flexibility index (Phi) is 7.89. The Morgan fingerprint density at radius 1 is 1.18 bits per heavy atom. The van der Waals surface area contributed by atoms with Gasteiger partial charge in [0.15, 0.2) is 5.96 Å². The molecule has 1 saturated heterocycles. The van der Waals surface area contributed by atoms with Gasteiger partial charge in [0.25, 0.3) is 0 Å². The highest BCUT2D eigenvalue weighted by atomic mass is 32.1. The van der Waals surface area contributed by atoms with Crippen molar-refractivity contribution in [2.75, 3.05) is 26.7 Å². The third-order valence-corrected chi connectivity index (χ3v) is 6.13. The van der Waals surface area contributed by atoms with E-state index in [0.29, 0.717) is 6.10 Å². The van der Waals surface area contributed by atoms with Gasteiger partial charge in [-0.3, -0.25) is 9.89 Å². The van der Waals surface area contributed by atoms with E-state index < -0.39 is 0 Å². The van der Waals surface area contributed by atoms with Crippen LogP contribution in [-0.2, 0) is 30.8 Å². The van der Waals surface area contributed by atoms with Crippen LogP contribution in [0.5, 0.6) is 0 Å². The first-order valence-electron chi connectivity index (χ1n) is 10.1. The van der Waals surface area contributed by atoms with E-state index in [1.165, 1.54) is 20.9 Å². The Morgan fingerprint density at radius 2 is 1.96 bits per heavy atom. The zero-order valence-corrected chi connectivity index (χ0v) is 18.0. The minimum absolute atomic E-state index is 0.324. The molecule has 2 aromatic rings. The van der Waals surface area contributed by atoms with Crippen molar-refractivity contribution in [3.63, 3.8) is 0 Å². The Morgan fingerprint density at radius 3 is 2.71 bits per heavy atom. The van der Waals surface area contributed by atoms with Gasteiger partial charge < -0.3 is 15.4 Å². The van der Waals surface area contributed by atoms with Gasteiger partial charge in [0, 0.05) is 43.0 Å².